The molecule has 1 unspecified atom stereocenters. The molecule has 4 rings (SSSR count). The standard InChI is InChI=1S/C23H21ClN4O2/c1-15-5-7-17(8-6-15)21-11-18-10-20(12-22(18)27-26-21)30-14-23(29)28-25-13-16-3-2-4-19(24)9-16/h2-9,12-13,18H,10-11,14H2,1H3,(H,28,29)/b25-13+. The van der Waals surface area contributed by atoms with Gasteiger partial charge in [0.05, 0.1) is 23.4 Å². The van der Waals surface area contributed by atoms with E-state index in [2.05, 4.69) is 51.9 Å². The Kier molecular flexibility index (Phi) is 6.05. The van der Waals surface area contributed by atoms with E-state index in [0.29, 0.717) is 11.4 Å². The first kappa shape index (κ1) is 20.0. The third-order valence-electron chi connectivity index (χ3n) is 4.93. The van der Waals surface area contributed by atoms with Crippen LogP contribution in [0.1, 0.15) is 29.5 Å². The van der Waals surface area contributed by atoms with Gasteiger partial charge in [-0.05, 0) is 36.3 Å². The molecule has 0 spiro atoms. The Balaban J connectivity index is 1.28. The average Bonchev–Trinajstić information content (AvgIpc) is 3.15. The predicted molar refractivity (Wildman–Crippen MR) is 119 cm³/mol. The van der Waals surface area contributed by atoms with Gasteiger partial charge < -0.3 is 4.74 Å². The summed E-state index contributed by atoms with van der Waals surface area (Å²) in [7, 11) is 0. The van der Waals surface area contributed by atoms with Gasteiger partial charge in [-0.15, -0.1) is 0 Å². The van der Waals surface area contributed by atoms with Crippen molar-refractivity contribution in [1.82, 2.24) is 5.43 Å². The van der Waals surface area contributed by atoms with Crippen LogP contribution >= 0.6 is 11.6 Å². The van der Waals surface area contributed by atoms with E-state index < -0.39 is 0 Å². The second-order valence-corrected chi connectivity index (χ2v) is 7.73. The zero-order valence-electron chi connectivity index (χ0n) is 16.5. The number of rotatable bonds is 6. The number of carbonyl (C=O) groups is 1. The van der Waals surface area contributed by atoms with Gasteiger partial charge in [0.2, 0.25) is 0 Å². The molecule has 0 saturated carbocycles. The molecule has 1 aliphatic carbocycles. The molecule has 1 heterocycles. The number of benzene rings is 2. The second kappa shape index (κ2) is 9.05. The third-order valence-corrected chi connectivity index (χ3v) is 5.16. The Labute approximate surface area is 180 Å². The summed E-state index contributed by atoms with van der Waals surface area (Å²) in [5.41, 5.74) is 7.44. The van der Waals surface area contributed by atoms with Crippen LogP contribution in [0.2, 0.25) is 5.02 Å². The number of amides is 1. The highest BCUT2D eigenvalue weighted by atomic mass is 35.5. The molecule has 6 nitrogen and oxygen atoms in total. The first-order valence-electron chi connectivity index (χ1n) is 9.69. The number of carbonyl (C=O) groups excluding carboxylic acids is 1. The SMILES string of the molecule is Cc1ccc(C2=NN=C3C=C(OCC(=O)N/N=C/c4cccc(Cl)c4)CC3C2)cc1. The van der Waals surface area contributed by atoms with Gasteiger partial charge >= 0.3 is 0 Å². The lowest BCUT2D eigenvalue weighted by Crippen LogP contribution is -2.23. The molecule has 0 fully saturated rings. The molecular weight excluding hydrogens is 400 g/mol. The van der Waals surface area contributed by atoms with Crippen LogP contribution in [-0.2, 0) is 9.53 Å². The zero-order chi connectivity index (χ0) is 20.9. The van der Waals surface area contributed by atoms with Gasteiger partial charge in [-0.1, -0.05) is 53.6 Å². The summed E-state index contributed by atoms with van der Waals surface area (Å²) in [6.07, 6.45) is 4.93. The molecule has 7 heteroatoms. The Hall–Kier alpha value is -3.25. The number of hydrogen-bond acceptors (Lipinski definition) is 5. The third kappa shape index (κ3) is 5.02. The first-order valence-corrected chi connectivity index (χ1v) is 10.1. The molecule has 1 N–H and O–H groups in total. The lowest BCUT2D eigenvalue weighted by atomic mass is 9.93. The number of nitrogens with zero attached hydrogens (tertiary/aromatic N) is 3. The summed E-state index contributed by atoms with van der Waals surface area (Å²) in [5.74, 6) is 0.647. The Morgan fingerprint density at radius 2 is 2.07 bits per heavy atom. The monoisotopic (exact) mass is 420 g/mol. The van der Waals surface area contributed by atoms with Crippen LogP contribution in [0.15, 0.2) is 75.7 Å². The number of ether oxygens (including phenoxy) is 1. The smallest absolute Gasteiger partial charge is 0.277 e. The summed E-state index contributed by atoms with van der Waals surface area (Å²) in [4.78, 5) is 12.0. The molecule has 152 valence electrons. The van der Waals surface area contributed by atoms with Crippen molar-refractivity contribution in [3.63, 3.8) is 0 Å². The topological polar surface area (TPSA) is 75.4 Å². The van der Waals surface area contributed by atoms with Gasteiger partial charge in [0.25, 0.3) is 5.91 Å². The van der Waals surface area contributed by atoms with Crippen LogP contribution in [0.5, 0.6) is 0 Å². The highest BCUT2D eigenvalue weighted by Crippen LogP contribution is 2.30. The van der Waals surface area contributed by atoms with E-state index in [-0.39, 0.29) is 18.4 Å². The lowest BCUT2D eigenvalue weighted by Gasteiger charge is -2.16. The minimum atomic E-state index is -0.331. The van der Waals surface area contributed by atoms with Crippen LogP contribution in [-0.4, -0.2) is 30.2 Å². The largest absolute Gasteiger partial charge is 0.488 e. The molecule has 30 heavy (non-hydrogen) atoms. The van der Waals surface area contributed by atoms with Crippen molar-refractivity contribution in [2.24, 2.45) is 21.2 Å². The number of nitrogens with one attached hydrogen (secondary N) is 1. The molecule has 0 radical (unpaired) electrons. The maximum atomic E-state index is 12.0. The van der Waals surface area contributed by atoms with Gasteiger partial charge in [-0.2, -0.15) is 15.3 Å². The Morgan fingerprint density at radius 1 is 1.23 bits per heavy atom. The molecule has 2 aromatic carbocycles. The predicted octanol–water partition coefficient (Wildman–Crippen LogP) is 4.27. The number of fused-ring (bicyclic) bond motifs is 1. The Morgan fingerprint density at radius 3 is 2.87 bits per heavy atom. The Bertz CT molecular complexity index is 1070. The van der Waals surface area contributed by atoms with E-state index in [1.54, 1.807) is 12.1 Å². The fourth-order valence-electron chi connectivity index (χ4n) is 3.35. The van der Waals surface area contributed by atoms with Crippen LogP contribution < -0.4 is 5.43 Å². The number of halogens is 1. The summed E-state index contributed by atoms with van der Waals surface area (Å²) >= 11 is 5.92. The van der Waals surface area contributed by atoms with E-state index in [0.717, 1.165) is 34.7 Å². The average molecular weight is 421 g/mol. The van der Waals surface area contributed by atoms with Crippen LogP contribution in [0, 0.1) is 12.8 Å². The minimum absolute atomic E-state index is 0.107. The summed E-state index contributed by atoms with van der Waals surface area (Å²) in [6, 6.07) is 15.5. The van der Waals surface area contributed by atoms with Gasteiger partial charge in [0.15, 0.2) is 6.61 Å². The van der Waals surface area contributed by atoms with Crippen LogP contribution in [0.3, 0.4) is 0 Å². The molecule has 1 atom stereocenters. The molecule has 1 amide bonds. The van der Waals surface area contributed by atoms with Gasteiger partial charge in [0.1, 0.15) is 0 Å². The van der Waals surface area contributed by atoms with E-state index in [1.807, 2.05) is 18.2 Å². The normalized spacial score (nSPS) is 17.8. The maximum absolute atomic E-state index is 12.0. The summed E-state index contributed by atoms with van der Waals surface area (Å²) in [6.45, 7) is 1.95. The molecule has 0 saturated heterocycles. The van der Waals surface area contributed by atoms with E-state index in [9.17, 15) is 4.79 Å². The van der Waals surface area contributed by atoms with Crippen molar-refractivity contribution in [2.45, 2.75) is 19.8 Å². The first-order chi connectivity index (χ1) is 14.6. The van der Waals surface area contributed by atoms with Crippen LogP contribution in [0.25, 0.3) is 0 Å². The number of hydrazone groups is 1. The molecule has 2 aromatic rings. The van der Waals surface area contributed by atoms with Crippen molar-refractivity contribution in [2.75, 3.05) is 6.61 Å². The van der Waals surface area contributed by atoms with Crippen molar-refractivity contribution in [3.8, 4) is 0 Å². The second-order valence-electron chi connectivity index (χ2n) is 7.29. The van der Waals surface area contributed by atoms with Crippen LogP contribution in [0.4, 0.5) is 0 Å². The number of hydrogen-bond donors (Lipinski definition) is 1. The van der Waals surface area contributed by atoms with Gasteiger partial charge in [-0.25, -0.2) is 5.43 Å². The summed E-state index contributed by atoms with van der Waals surface area (Å²) in [5, 5.41) is 13.3. The highest BCUT2D eigenvalue weighted by molar-refractivity contribution is 6.30. The van der Waals surface area contributed by atoms with Crippen molar-refractivity contribution in [3.05, 3.63) is 82.1 Å². The van der Waals surface area contributed by atoms with E-state index >= 15 is 0 Å². The van der Waals surface area contributed by atoms with E-state index in [1.165, 1.54) is 11.8 Å². The summed E-state index contributed by atoms with van der Waals surface area (Å²) < 4.78 is 5.66. The molecule has 2 aliphatic rings. The fraction of sp³-hybridized carbons (Fsp3) is 0.217. The minimum Gasteiger partial charge on any atom is -0.488 e. The van der Waals surface area contributed by atoms with Gasteiger partial charge in [-0.3, -0.25) is 4.79 Å². The van der Waals surface area contributed by atoms with Crippen molar-refractivity contribution in [1.29, 1.82) is 0 Å². The molecule has 0 bridgehead atoms. The van der Waals surface area contributed by atoms with E-state index in [4.69, 9.17) is 16.3 Å². The highest BCUT2D eigenvalue weighted by Gasteiger charge is 2.29. The molecular formula is C23H21ClN4O2. The van der Waals surface area contributed by atoms with Crippen molar-refractivity contribution < 1.29 is 9.53 Å². The van der Waals surface area contributed by atoms with Crippen molar-refractivity contribution >= 4 is 35.1 Å². The molecule has 1 aliphatic heterocycles. The zero-order valence-corrected chi connectivity index (χ0v) is 17.3. The quantitative estimate of drug-likeness (QED) is 0.559. The fourth-order valence-corrected chi connectivity index (χ4v) is 3.55. The lowest BCUT2D eigenvalue weighted by molar-refractivity contribution is -0.124. The molecule has 0 aromatic heterocycles. The maximum Gasteiger partial charge on any atom is 0.277 e. The number of aryl methyl sites for hydroxylation is 1. The van der Waals surface area contributed by atoms with Gasteiger partial charge in [0, 0.05) is 23.8 Å². The number of allylic oxidation sites excluding steroid dienone is 2.